The van der Waals surface area contributed by atoms with Gasteiger partial charge in [0.2, 0.25) is 0 Å². The number of nitrogens with one attached hydrogen (secondary N) is 1. The minimum absolute atomic E-state index is 0.0268. The van der Waals surface area contributed by atoms with Gasteiger partial charge in [-0.2, -0.15) is 0 Å². The van der Waals surface area contributed by atoms with Crippen molar-refractivity contribution in [2.24, 2.45) is 0 Å². The van der Waals surface area contributed by atoms with Crippen molar-refractivity contribution in [1.29, 1.82) is 0 Å². The van der Waals surface area contributed by atoms with Crippen molar-refractivity contribution in [3.8, 4) is 5.75 Å². The molecule has 0 aliphatic carbocycles. The number of likely N-dealkylation sites (N-methyl/N-ethyl adjacent to an activating group) is 1. The van der Waals surface area contributed by atoms with E-state index in [1.165, 1.54) is 12.1 Å². The molecule has 0 saturated carbocycles. The first-order valence-corrected chi connectivity index (χ1v) is 6.04. The third-order valence-electron chi connectivity index (χ3n) is 3.16. The largest absolute Gasteiger partial charge is 0.508 e. The quantitative estimate of drug-likeness (QED) is 0.835. The van der Waals surface area contributed by atoms with Crippen molar-refractivity contribution in [1.82, 2.24) is 10.2 Å². The van der Waals surface area contributed by atoms with E-state index in [-0.39, 0.29) is 17.4 Å². The smallest absolute Gasteiger partial charge is 0.254 e. The molecule has 2 rings (SSSR count). The van der Waals surface area contributed by atoms with Gasteiger partial charge in [-0.1, -0.05) is 0 Å². The average molecular weight is 252 g/mol. The van der Waals surface area contributed by atoms with Gasteiger partial charge in [0.25, 0.3) is 5.91 Å². The highest BCUT2D eigenvalue weighted by molar-refractivity contribution is 5.94. The lowest BCUT2D eigenvalue weighted by atomic mass is 10.1. The number of hydrogen-bond donors (Lipinski definition) is 2. The van der Waals surface area contributed by atoms with E-state index in [2.05, 4.69) is 10.2 Å². The molecule has 1 saturated heterocycles. The predicted molar refractivity (Wildman–Crippen MR) is 66.1 cm³/mol. The Morgan fingerprint density at radius 3 is 3.00 bits per heavy atom. The first kappa shape index (κ1) is 12.8. The number of aromatic hydroxyl groups is 1. The van der Waals surface area contributed by atoms with Crippen LogP contribution in [0.2, 0.25) is 0 Å². The Morgan fingerprint density at radius 1 is 1.56 bits per heavy atom. The summed E-state index contributed by atoms with van der Waals surface area (Å²) in [4.78, 5) is 14.0. The molecule has 0 aromatic heterocycles. The topological polar surface area (TPSA) is 52.6 Å². The molecule has 1 aromatic rings. The van der Waals surface area contributed by atoms with Gasteiger partial charge in [0, 0.05) is 18.7 Å². The Morgan fingerprint density at radius 2 is 2.33 bits per heavy atom. The van der Waals surface area contributed by atoms with Gasteiger partial charge in [-0.05, 0) is 38.6 Å². The first-order chi connectivity index (χ1) is 8.56. The lowest BCUT2D eigenvalue weighted by molar-refractivity contribution is 0.0908. The summed E-state index contributed by atoms with van der Waals surface area (Å²) >= 11 is 0. The van der Waals surface area contributed by atoms with Gasteiger partial charge in [-0.25, -0.2) is 4.39 Å². The molecule has 0 spiro atoms. The van der Waals surface area contributed by atoms with E-state index in [1.54, 1.807) is 0 Å². The maximum Gasteiger partial charge on any atom is 0.254 e. The van der Waals surface area contributed by atoms with Crippen LogP contribution < -0.4 is 5.32 Å². The molecule has 0 bridgehead atoms. The molecule has 1 aliphatic rings. The summed E-state index contributed by atoms with van der Waals surface area (Å²) in [5.74, 6) is -1.30. The summed E-state index contributed by atoms with van der Waals surface area (Å²) in [6.45, 7) is 1.81. The number of carbonyl (C=O) groups excluding carboxylic acids is 1. The van der Waals surface area contributed by atoms with Crippen LogP contribution in [0.5, 0.6) is 5.75 Å². The maximum absolute atomic E-state index is 13.5. The Labute approximate surface area is 105 Å². The number of carbonyl (C=O) groups is 1. The number of likely N-dealkylation sites (tertiary alicyclic amines) is 1. The van der Waals surface area contributed by atoms with Crippen LogP contribution >= 0.6 is 0 Å². The van der Waals surface area contributed by atoms with Crippen LogP contribution in [0.1, 0.15) is 23.2 Å². The van der Waals surface area contributed by atoms with Crippen molar-refractivity contribution < 1.29 is 14.3 Å². The number of amides is 1. The van der Waals surface area contributed by atoms with Gasteiger partial charge in [0.15, 0.2) is 0 Å². The number of rotatable bonds is 2. The molecule has 2 N–H and O–H groups in total. The fourth-order valence-electron chi connectivity index (χ4n) is 2.24. The molecule has 18 heavy (non-hydrogen) atoms. The van der Waals surface area contributed by atoms with Crippen molar-refractivity contribution >= 4 is 5.91 Å². The van der Waals surface area contributed by atoms with Crippen LogP contribution in [0, 0.1) is 5.82 Å². The molecular weight excluding hydrogens is 235 g/mol. The number of piperidine rings is 1. The van der Waals surface area contributed by atoms with Crippen LogP contribution in [0.25, 0.3) is 0 Å². The summed E-state index contributed by atoms with van der Waals surface area (Å²) in [6.07, 6.45) is 1.94. The third-order valence-corrected chi connectivity index (χ3v) is 3.16. The Balaban J connectivity index is 2.03. The van der Waals surface area contributed by atoms with E-state index in [0.29, 0.717) is 0 Å². The van der Waals surface area contributed by atoms with Crippen LogP contribution in [-0.4, -0.2) is 42.1 Å². The number of hydrogen-bond acceptors (Lipinski definition) is 3. The number of phenols is 1. The number of nitrogens with zero attached hydrogens (tertiary/aromatic N) is 1. The molecule has 1 fully saturated rings. The Kier molecular flexibility index (Phi) is 3.81. The first-order valence-electron chi connectivity index (χ1n) is 6.04. The summed E-state index contributed by atoms with van der Waals surface area (Å²) in [7, 11) is 2.00. The van der Waals surface area contributed by atoms with Crippen molar-refractivity contribution in [2.45, 2.75) is 18.9 Å². The van der Waals surface area contributed by atoms with E-state index in [4.69, 9.17) is 5.11 Å². The molecule has 1 atom stereocenters. The molecule has 1 heterocycles. The zero-order chi connectivity index (χ0) is 13.1. The standard InChI is InChI=1S/C13H17FN2O2/c1-16-6-2-3-9(8-16)15-13(18)11-5-4-10(17)7-12(11)14/h4-5,7,9,17H,2-3,6,8H2,1H3,(H,15,18). The molecule has 4 nitrogen and oxygen atoms in total. The minimum atomic E-state index is -0.698. The molecule has 98 valence electrons. The van der Waals surface area contributed by atoms with Crippen LogP contribution in [0.15, 0.2) is 18.2 Å². The van der Waals surface area contributed by atoms with Gasteiger partial charge < -0.3 is 15.3 Å². The lowest BCUT2D eigenvalue weighted by Crippen LogP contribution is -2.46. The lowest BCUT2D eigenvalue weighted by Gasteiger charge is -2.30. The van der Waals surface area contributed by atoms with Gasteiger partial charge in [0.05, 0.1) is 5.56 Å². The van der Waals surface area contributed by atoms with E-state index < -0.39 is 11.7 Å². The maximum atomic E-state index is 13.5. The molecule has 1 amide bonds. The molecule has 1 unspecified atom stereocenters. The summed E-state index contributed by atoms with van der Waals surface area (Å²) < 4.78 is 13.5. The van der Waals surface area contributed by atoms with Crippen LogP contribution in [0.4, 0.5) is 4.39 Å². The Bertz CT molecular complexity index is 451. The molecular formula is C13H17FN2O2. The third kappa shape index (κ3) is 2.98. The van der Waals surface area contributed by atoms with E-state index in [1.807, 2.05) is 7.05 Å². The molecule has 1 aromatic carbocycles. The highest BCUT2D eigenvalue weighted by Crippen LogP contribution is 2.16. The normalized spacial score (nSPS) is 20.7. The van der Waals surface area contributed by atoms with Crippen LogP contribution in [0.3, 0.4) is 0 Å². The average Bonchev–Trinajstić information content (AvgIpc) is 2.28. The Hall–Kier alpha value is -1.62. The minimum Gasteiger partial charge on any atom is -0.508 e. The second-order valence-electron chi connectivity index (χ2n) is 4.74. The number of phenolic OH excluding ortho intramolecular Hbond substituents is 1. The fraction of sp³-hybridized carbons (Fsp3) is 0.462. The number of benzene rings is 1. The van der Waals surface area contributed by atoms with Crippen molar-refractivity contribution in [3.63, 3.8) is 0 Å². The monoisotopic (exact) mass is 252 g/mol. The molecule has 0 radical (unpaired) electrons. The van der Waals surface area contributed by atoms with Gasteiger partial charge in [-0.15, -0.1) is 0 Å². The van der Waals surface area contributed by atoms with Crippen LogP contribution in [-0.2, 0) is 0 Å². The SMILES string of the molecule is CN1CCCC(NC(=O)c2ccc(O)cc2F)C1. The number of halogens is 1. The summed E-state index contributed by atoms with van der Waals surface area (Å²) in [5.41, 5.74) is -0.0268. The summed E-state index contributed by atoms with van der Waals surface area (Å²) in [5, 5.41) is 11.9. The van der Waals surface area contributed by atoms with Gasteiger partial charge in [0.1, 0.15) is 11.6 Å². The van der Waals surface area contributed by atoms with Gasteiger partial charge in [-0.3, -0.25) is 4.79 Å². The second-order valence-corrected chi connectivity index (χ2v) is 4.74. The zero-order valence-electron chi connectivity index (χ0n) is 10.3. The second kappa shape index (κ2) is 5.35. The van der Waals surface area contributed by atoms with Crippen molar-refractivity contribution in [2.75, 3.05) is 20.1 Å². The predicted octanol–water partition coefficient (Wildman–Crippen LogP) is 1.36. The van der Waals surface area contributed by atoms with Crippen molar-refractivity contribution in [3.05, 3.63) is 29.6 Å². The molecule has 1 aliphatic heterocycles. The van der Waals surface area contributed by atoms with E-state index in [0.717, 1.165) is 32.0 Å². The summed E-state index contributed by atoms with van der Waals surface area (Å²) in [6, 6.07) is 3.61. The fourth-order valence-corrected chi connectivity index (χ4v) is 2.24. The van der Waals surface area contributed by atoms with Gasteiger partial charge >= 0.3 is 0 Å². The van der Waals surface area contributed by atoms with E-state index >= 15 is 0 Å². The zero-order valence-corrected chi connectivity index (χ0v) is 10.3. The molecule has 5 heteroatoms. The van der Waals surface area contributed by atoms with E-state index in [9.17, 15) is 9.18 Å². The highest BCUT2D eigenvalue weighted by atomic mass is 19.1. The highest BCUT2D eigenvalue weighted by Gasteiger charge is 2.21.